The number of rotatable bonds is 3. The Balaban J connectivity index is 3.43. The fourth-order valence-corrected chi connectivity index (χ4v) is 1.82. The van der Waals surface area contributed by atoms with Crippen molar-refractivity contribution in [3.63, 3.8) is 0 Å². The van der Waals surface area contributed by atoms with E-state index in [0.29, 0.717) is 0 Å². The number of amides is 2. The zero-order chi connectivity index (χ0) is 13.9. The topological polar surface area (TPSA) is 168 Å². The van der Waals surface area contributed by atoms with Crippen molar-refractivity contribution < 1.29 is 23.9 Å². The molecule has 98 valence electrons. The third-order valence-electron chi connectivity index (χ3n) is 2.04. The summed E-state index contributed by atoms with van der Waals surface area (Å²) in [6.45, 7) is 0. The lowest BCUT2D eigenvalue weighted by atomic mass is 10.1. The van der Waals surface area contributed by atoms with Crippen LogP contribution in [0, 0.1) is 0 Å². The molecular weight excluding hydrogens is 263 g/mol. The van der Waals surface area contributed by atoms with Crippen LogP contribution in [-0.2, 0) is 4.57 Å². The van der Waals surface area contributed by atoms with Crippen LogP contribution in [0.3, 0.4) is 0 Å². The van der Waals surface area contributed by atoms with Crippen molar-refractivity contribution in [2.75, 3.05) is 0 Å². The lowest BCUT2D eigenvalue weighted by Gasteiger charge is -2.09. The van der Waals surface area contributed by atoms with Gasteiger partial charge in [0.1, 0.15) is 0 Å². The molecule has 0 bridgehead atoms. The van der Waals surface area contributed by atoms with E-state index in [1.165, 1.54) is 0 Å². The van der Waals surface area contributed by atoms with Crippen LogP contribution in [0.15, 0.2) is 18.2 Å². The predicted molar refractivity (Wildman–Crippen MR) is 61.4 cm³/mol. The van der Waals surface area contributed by atoms with E-state index in [1.807, 2.05) is 0 Å². The monoisotopic (exact) mass is 274 g/mol. The molecule has 1 rings (SSSR count). The summed E-state index contributed by atoms with van der Waals surface area (Å²) in [5.74, 6) is 8.22. The van der Waals surface area contributed by atoms with Crippen molar-refractivity contribution in [3.05, 3.63) is 29.3 Å². The molecule has 8 N–H and O–H groups in total. The molecule has 0 aliphatic rings. The highest BCUT2D eigenvalue weighted by atomic mass is 31.2. The molecule has 0 aliphatic carbocycles. The van der Waals surface area contributed by atoms with E-state index in [1.54, 1.807) is 10.9 Å². The lowest BCUT2D eigenvalue weighted by Crippen LogP contribution is -2.33. The third kappa shape index (κ3) is 3.13. The van der Waals surface area contributed by atoms with Gasteiger partial charge < -0.3 is 9.79 Å². The van der Waals surface area contributed by atoms with E-state index in [2.05, 4.69) is 0 Å². The van der Waals surface area contributed by atoms with Gasteiger partial charge in [-0.1, -0.05) is 0 Å². The number of nitrogen functional groups attached to an aromatic ring is 2. The minimum absolute atomic E-state index is 0.170. The summed E-state index contributed by atoms with van der Waals surface area (Å²) in [6, 6.07) is 2.98. The van der Waals surface area contributed by atoms with Gasteiger partial charge in [0, 0.05) is 11.1 Å². The van der Waals surface area contributed by atoms with Crippen molar-refractivity contribution in [1.82, 2.24) is 10.9 Å². The van der Waals surface area contributed by atoms with Gasteiger partial charge in [0.15, 0.2) is 0 Å². The Morgan fingerprint density at radius 3 is 1.67 bits per heavy atom. The maximum Gasteiger partial charge on any atom is 0.356 e. The van der Waals surface area contributed by atoms with Gasteiger partial charge >= 0.3 is 7.60 Å². The molecule has 18 heavy (non-hydrogen) atoms. The molecule has 0 atom stereocenters. The van der Waals surface area contributed by atoms with Gasteiger partial charge in [-0.05, 0) is 18.2 Å². The summed E-state index contributed by atoms with van der Waals surface area (Å²) < 4.78 is 11.1. The molecule has 0 aliphatic heterocycles. The number of benzene rings is 1. The number of hydrogen-bond donors (Lipinski definition) is 6. The minimum Gasteiger partial charge on any atom is -0.321 e. The maximum atomic E-state index is 11.3. The third-order valence-corrected chi connectivity index (χ3v) is 2.97. The zero-order valence-electron chi connectivity index (χ0n) is 8.95. The first kappa shape index (κ1) is 14.3. The highest BCUT2D eigenvalue weighted by Gasteiger charge is 2.21. The molecular formula is C8H11N4O5P. The van der Waals surface area contributed by atoms with Gasteiger partial charge in [-0.15, -0.1) is 0 Å². The van der Waals surface area contributed by atoms with E-state index >= 15 is 0 Å². The van der Waals surface area contributed by atoms with Crippen molar-refractivity contribution in [3.8, 4) is 0 Å². The van der Waals surface area contributed by atoms with E-state index < -0.39 is 24.7 Å². The van der Waals surface area contributed by atoms with Crippen LogP contribution in [0.25, 0.3) is 0 Å². The molecule has 1 aromatic carbocycles. The molecule has 10 heteroatoms. The Morgan fingerprint density at radius 1 is 1.00 bits per heavy atom. The molecule has 1 aromatic rings. The first-order valence-corrected chi connectivity index (χ1v) is 6.14. The Labute approximate surface area is 101 Å². The minimum atomic E-state index is -4.61. The van der Waals surface area contributed by atoms with E-state index in [0.717, 1.165) is 18.2 Å². The zero-order valence-corrected chi connectivity index (χ0v) is 9.85. The van der Waals surface area contributed by atoms with Gasteiger partial charge in [0.2, 0.25) is 0 Å². The molecule has 9 nitrogen and oxygen atoms in total. The van der Waals surface area contributed by atoms with Gasteiger partial charge in [-0.3, -0.25) is 25.0 Å². The highest BCUT2D eigenvalue weighted by Crippen LogP contribution is 2.33. The maximum absolute atomic E-state index is 11.3. The number of carbonyl (C=O) groups excluding carboxylic acids is 2. The smallest absolute Gasteiger partial charge is 0.321 e. The summed E-state index contributed by atoms with van der Waals surface area (Å²) in [6.07, 6.45) is 0. The van der Waals surface area contributed by atoms with E-state index in [4.69, 9.17) is 21.5 Å². The van der Waals surface area contributed by atoms with E-state index in [-0.39, 0.29) is 11.1 Å². The lowest BCUT2D eigenvalue weighted by molar-refractivity contribution is 0.0953. The van der Waals surface area contributed by atoms with Crippen molar-refractivity contribution in [1.29, 1.82) is 0 Å². The summed E-state index contributed by atoms with van der Waals surface area (Å²) in [5, 5.41) is -0.484. The van der Waals surface area contributed by atoms with Crippen molar-refractivity contribution >= 4 is 24.7 Å². The van der Waals surface area contributed by atoms with E-state index in [9.17, 15) is 14.2 Å². The molecule has 0 heterocycles. The molecule has 2 amide bonds. The second-order valence-electron chi connectivity index (χ2n) is 3.26. The van der Waals surface area contributed by atoms with Gasteiger partial charge in [-0.2, -0.15) is 0 Å². The van der Waals surface area contributed by atoms with Gasteiger partial charge in [0.05, 0.1) is 5.30 Å². The second kappa shape index (κ2) is 5.25. The Bertz CT molecular complexity index is 506. The summed E-state index contributed by atoms with van der Waals surface area (Å²) >= 11 is 0. The van der Waals surface area contributed by atoms with Crippen LogP contribution in [-0.4, -0.2) is 21.6 Å². The molecule has 0 saturated heterocycles. The molecule has 0 saturated carbocycles. The SMILES string of the molecule is NNC(=O)c1cc(C(=O)NN)cc(P(=O)(O)O)c1. The summed E-state index contributed by atoms with van der Waals surface area (Å²) in [5.41, 5.74) is 3.24. The molecule has 0 radical (unpaired) electrons. The van der Waals surface area contributed by atoms with Crippen LogP contribution in [0.1, 0.15) is 20.7 Å². The van der Waals surface area contributed by atoms with Crippen LogP contribution in [0.4, 0.5) is 0 Å². The average Bonchev–Trinajstić information content (AvgIpc) is 2.35. The fraction of sp³-hybridized carbons (Fsp3) is 0. The first-order valence-electron chi connectivity index (χ1n) is 4.52. The number of nitrogens with one attached hydrogen (secondary N) is 2. The Kier molecular flexibility index (Phi) is 4.17. The average molecular weight is 274 g/mol. The molecule has 0 unspecified atom stereocenters. The summed E-state index contributed by atoms with van der Waals surface area (Å²) in [4.78, 5) is 40.7. The molecule has 0 spiro atoms. The predicted octanol–water partition coefficient (Wildman–Crippen LogP) is -2.30. The van der Waals surface area contributed by atoms with Crippen molar-refractivity contribution in [2.45, 2.75) is 0 Å². The summed E-state index contributed by atoms with van der Waals surface area (Å²) in [7, 11) is -4.61. The normalized spacial score (nSPS) is 10.9. The van der Waals surface area contributed by atoms with Crippen LogP contribution in [0.5, 0.6) is 0 Å². The number of carbonyl (C=O) groups is 2. The number of hydrazine groups is 2. The largest absolute Gasteiger partial charge is 0.356 e. The van der Waals surface area contributed by atoms with Crippen LogP contribution >= 0.6 is 7.60 Å². The Hall–Kier alpha value is -1.77. The molecule has 0 aromatic heterocycles. The fourth-order valence-electron chi connectivity index (χ4n) is 1.21. The quantitative estimate of drug-likeness (QED) is 0.156. The number of hydrogen-bond acceptors (Lipinski definition) is 5. The van der Waals surface area contributed by atoms with Crippen molar-refractivity contribution in [2.24, 2.45) is 11.7 Å². The van der Waals surface area contributed by atoms with Gasteiger partial charge in [0.25, 0.3) is 11.8 Å². The Morgan fingerprint density at radius 2 is 1.39 bits per heavy atom. The first-order chi connectivity index (χ1) is 8.29. The second-order valence-corrected chi connectivity index (χ2v) is 4.86. The van der Waals surface area contributed by atoms with Gasteiger partial charge in [-0.25, -0.2) is 11.7 Å². The van der Waals surface area contributed by atoms with Crippen LogP contribution < -0.4 is 27.8 Å². The standard InChI is InChI=1S/C8H11N4O5P/c9-11-7(13)4-1-5(8(14)12-10)3-6(2-4)18(15,16)17/h1-3H,9-10H2,(H,11,13)(H,12,14)(H2,15,16,17). The van der Waals surface area contributed by atoms with Crippen LogP contribution in [0.2, 0.25) is 0 Å². The highest BCUT2D eigenvalue weighted by molar-refractivity contribution is 7.60. The number of nitrogens with two attached hydrogens (primary N) is 2. The molecule has 0 fully saturated rings.